The molecule has 118 valence electrons. The van der Waals surface area contributed by atoms with Crippen LogP contribution in [-0.2, 0) is 4.79 Å². The Morgan fingerprint density at radius 3 is 2.71 bits per heavy atom. The summed E-state index contributed by atoms with van der Waals surface area (Å²) in [4.78, 5) is 24.1. The van der Waals surface area contributed by atoms with E-state index in [-0.39, 0.29) is 11.7 Å². The van der Waals surface area contributed by atoms with E-state index in [0.29, 0.717) is 0 Å². The maximum Gasteiger partial charge on any atom is 0.234 e. The van der Waals surface area contributed by atoms with Gasteiger partial charge in [0, 0.05) is 16.6 Å². The van der Waals surface area contributed by atoms with E-state index < -0.39 is 0 Å². The zero-order valence-electron chi connectivity index (χ0n) is 12.7. The summed E-state index contributed by atoms with van der Waals surface area (Å²) in [5.41, 5.74) is 3.56. The van der Waals surface area contributed by atoms with E-state index in [1.807, 2.05) is 54.6 Å². The number of benzene rings is 2. The Bertz CT molecular complexity index is 1010. The first kappa shape index (κ1) is 14.7. The largest absolute Gasteiger partial charge is 0.351 e. The lowest BCUT2D eigenvalue weighted by molar-refractivity contribution is -0.113. The standard InChI is InChI=1S/C18H14N4OS/c23-15(21-12-6-2-1-3-7-12)10-24-18-17-16(19-11-20-18)13-8-4-5-9-14(13)22-17/h1-9,11,22H,10H2,(H,21,23). The van der Waals surface area contributed by atoms with Crippen LogP contribution in [0.2, 0.25) is 0 Å². The molecule has 2 heterocycles. The normalized spacial score (nSPS) is 11.0. The van der Waals surface area contributed by atoms with Crippen molar-refractivity contribution in [2.45, 2.75) is 5.03 Å². The Morgan fingerprint density at radius 2 is 1.83 bits per heavy atom. The Balaban J connectivity index is 1.55. The molecule has 0 bridgehead atoms. The molecule has 0 fully saturated rings. The quantitative estimate of drug-likeness (QED) is 0.439. The molecule has 5 nitrogen and oxygen atoms in total. The number of rotatable bonds is 4. The predicted molar refractivity (Wildman–Crippen MR) is 97.2 cm³/mol. The molecule has 0 aliphatic rings. The third-order valence-electron chi connectivity index (χ3n) is 3.65. The van der Waals surface area contributed by atoms with Gasteiger partial charge in [-0.3, -0.25) is 4.79 Å². The van der Waals surface area contributed by atoms with Gasteiger partial charge in [-0.2, -0.15) is 0 Å². The Labute approximate surface area is 142 Å². The number of aromatic nitrogens is 3. The van der Waals surface area contributed by atoms with Crippen LogP contribution in [0.1, 0.15) is 0 Å². The third-order valence-corrected chi connectivity index (χ3v) is 4.64. The zero-order valence-corrected chi connectivity index (χ0v) is 13.5. The molecule has 2 aromatic carbocycles. The number of nitrogens with one attached hydrogen (secondary N) is 2. The number of thioether (sulfide) groups is 1. The van der Waals surface area contributed by atoms with E-state index in [1.54, 1.807) is 6.33 Å². The van der Waals surface area contributed by atoms with Crippen LogP contribution in [0.25, 0.3) is 21.9 Å². The summed E-state index contributed by atoms with van der Waals surface area (Å²) in [6.45, 7) is 0. The minimum absolute atomic E-state index is 0.0610. The maximum absolute atomic E-state index is 12.1. The molecule has 2 aromatic heterocycles. The molecule has 0 radical (unpaired) electrons. The zero-order chi connectivity index (χ0) is 16.4. The molecule has 0 saturated carbocycles. The van der Waals surface area contributed by atoms with Gasteiger partial charge in [-0.25, -0.2) is 9.97 Å². The van der Waals surface area contributed by atoms with Crippen molar-refractivity contribution in [3.05, 3.63) is 60.9 Å². The molecule has 0 spiro atoms. The highest BCUT2D eigenvalue weighted by molar-refractivity contribution is 8.00. The van der Waals surface area contributed by atoms with Crippen LogP contribution in [0.15, 0.2) is 66.0 Å². The molecule has 0 aliphatic heterocycles. The average Bonchev–Trinajstić information content (AvgIpc) is 3.00. The van der Waals surface area contributed by atoms with Crippen LogP contribution in [-0.4, -0.2) is 26.6 Å². The fourth-order valence-electron chi connectivity index (χ4n) is 2.58. The topological polar surface area (TPSA) is 70.7 Å². The number of H-pyrrole nitrogens is 1. The van der Waals surface area contributed by atoms with Crippen molar-refractivity contribution in [2.24, 2.45) is 0 Å². The highest BCUT2D eigenvalue weighted by Crippen LogP contribution is 2.29. The number of carbonyl (C=O) groups is 1. The first-order chi connectivity index (χ1) is 11.8. The second-order valence-corrected chi connectivity index (χ2v) is 6.24. The molecule has 0 aliphatic carbocycles. The Morgan fingerprint density at radius 1 is 1.04 bits per heavy atom. The molecule has 0 unspecified atom stereocenters. The van der Waals surface area contributed by atoms with Crippen molar-refractivity contribution < 1.29 is 4.79 Å². The van der Waals surface area contributed by atoms with Crippen LogP contribution in [0.3, 0.4) is 0 Å². The monoisotopic (exact) mass is 334 g/mol. The number of nitrogens with zero attached hydrogens (tertiary/aromatic N) is 2. The van der Waals surface area contributed by atoms with Gasteiger partial charge in [-0.05, 0) is 18.2 Å². The molecule has 4 rings (SSSR count). The van der Waals surface area contributed by atoms with E-state index in [9.17, 15) is 4.79 Å². The van der Waals surface area contributed by atoms with Crippen LogP contribution in [0.5, 0.6) is 0 Å². The summed E-state index contributed by atoms with van der Waals surface area (Å²) in [7, 11) is 0. The SMILES string of the molecule is O=C(CSc1ncnc2c1[nH]c1ccccc12)Nc1ccccc1. The van der Waals surface area contributed by atoms with Gasteiger partial charge in [0.15, 0.2) is 0 Å². The first-order valence-corrected chi connectivity index (χ1v) is 8.49. The minimum atomic E-state index is -0.0610. The van der Waals surface area contributed by atoms with Crippen LogP contribution in [0, 0.1) is 0 Å². The molecule has 0 saturated heterocycles. The lowest BCUT2D eigenvalue weighted by Gasteiger charge is -2.05. The molecule has 24 heavy (non-hydrogen) atoms. The predicted octanol–water partition coefficient (Wildman–Crippen LogP) is 3.84. The summed E-state index contributed by atoms with van der Waals surface area (Å²) in [5, 5.41) is 4.71. The van der Waals surface area contributed by atoms with Gasteiger partial charge < -0.3 is 10.3 Å². The lowest BCUT2D eigenvalue weighted by atomic mass is 10.2. The Hall–Kier alpha value is -2.86. The van der Waals surface area contributed by atoms with Gasteiger partial charge in [0.1, 0.15) is 16.9 Å². The molecule has 4 aromatic rings. The van der Waals surface area contributed by atoms with Crippen molar-refractivity contribution in [1.29, 1.82) is 0 Å². The fourth-order valence-corrected chi connectivity index (χ4v) is 3.34. The fraction of sp³-hybridized carbons (Fsp3) is 0.0556. The van der Waals surface area contributed by atoms with E-state index >= 15 is 0 Å². The molecular formula is C18H14N4OS. The van der Waals surface area contributed by atoms with Gasteiger partial charge in [0.2, 0.25) is 5.91 Å². The highest BCUT2D eigenvalue weighted by atomic mass is 32.2. The summed E-state index contributed by atoms with van der Waals surface area (Å²) in [5.74, 6) is 0.227. The van der Waals surface area contributed by atoms with Gasteiger partial charge >= 0.3 is 0 Å². The van der Waals surface area contributed by atoms with Crippen LogP contribution >= 0.6 is 11.8 Å². The van der Waals surface area contributed by atoms with E-state index in [1.165, 1.54) is 11.8 Å². The minimum Gasteiger partial charge on any atom is -0.351 e. The van der Waals surface area contributed by atoms with E-state index in [4.69, 9.17) is 0 Å². The summed E-state index contributed by atoms with van der Waals surface area (Å²) in [6.07, 6.45) is 1.54. The number of hydrogen-bond donors (Lipinski definition) is 2. The summed E-state index contributed by atoms with van der Waals surface area (Å²) in [6, 6.07) is 17.4. The molecule has 6 heteroatoms. The summed E-state index contributed by atoms with van der Waals surface area (Å²) >= 11 is 1.40. The molecule has 2 N–H and O–H groups in total. The van der Waals surface area contributed by atoms with Crippen molar-refractivity contribution in [2.75, 3.05) is 11.1 Å². The molecule has 1 amide bonds. The van der Waals surface area contributed by atoms with Crippen LogP contribution in [0.4, 0.5) is 5.69 Å². The van der Waals surface area contributed by atoms with E-state index in [2.05, 4.69) is 20.3 Å². The van der Waals surface area contributed by atoms with Crippen molar-refractivity contribution in [3.63, 3.8) is 0 Å². The van der Waals surface area contributed by atoms with Crippen LogP contribution < -0.4 is 5.32 Å². The number of hydrogen-bond acceptors (Lipinski definition) is 4. The smallest absolute Gasteiger partial charge is 0.234 e. The highest BCUT2D eigenvalue weighted by Gasteiger charge is 2.12. The first-order valence-electron chi connectivity index (χ1n) is 7.50. The molecule has 0 atom stereocenters. The number of carbonyl (C=O) groups excluding carboxylic acids is 1. The lowest BCUT2D eigenvalue weighted by Crippen LogP contribution is -2.14. The van der Waals surface area contributed by atoms with Gasteiger partial charge in [0.25, 0.3) is 0 Å². The number of aromatic amines is 1. The van der Waals surface area contributed by atoms with Crippen molar-refractivity contribution >= 4 is 45.3 Å². The van der Waals surface area contributed by atoms with E-state index in [0.717, 1.165) is 32.6 Å². The van der Waals surface area contributed by atoms with Gasteiger partial charge in [-0.1, -0.05) is 48.2 Å². The van der Waals surface area contributed by atoms with Crippen molar-refractivity contribution in [3.8, 4) is 0 Å². The average molecular weight is 334 g/mol. The number of fused-ring (bicyclic) bond motifs is 3. The Kier molecular flexibility index (Phi) is 3.88. The third kappa shape index (κ3) is 2.83. The molecular weight excluding hydrogens is 320 g/mol. The second-order valence-electron chi connectivity index (χ2n) is 5.28. The number of amides is 1. The maximum atomic E-state index is 12.1. The van der Waals surface area contributed by atoms with Gasteiger partial charge in [-0.15, -0.1) is 0 Å². The number of para-hydroxylation sites is 2. The summed E-state index contributed by atoms with van der Waals surface area (Å²) < 4.78 is 0. The second kappa shape index (κ2) is 6.33. The number of anilines is 1. The van der Waals surface area contributed by atoms with Crippen molar-refractivity contribution in [1.82, 2.24) is 15.0 Å². The van der Waals surface area contributed by atoms with Gasteiger partial charge in [0.05, 0.1) is 11.3 Å².